The highest BCUT2D eigenvalue weighted by molar-refractivity contribution is 6.33. The summed E-state index contributed by atoms with van der Waals surface area (Å²) in [6, 6.07) is 6.30. The molecule has 21 heavy (non-hydrogen) atoms. The molecule has 3 rings (SSSR count). The van der Waals surface area contributed by atoms with Gasteiger partial charge in [-0.2, -0.15) is 10.2 Å². The van der Waals surface area contributed by atoms with Gasteiger partial charge in [0.1, 0.15) is 23.0 Å². The first-order valence-electron chi connectivity index (χ1n) is 6.26. The minimum absolute atomic E-state index is 0.241. The molecule has 2 aromatic heterocycles. The highest BCUT2D eigenvalue weighted by Gasteiger charge is 2.23. The molecule has 0 spiro atoms. The third-order valence-corrected chi connectivity index (χ3v) is 3.58. The molecule has 2 heterocycles. The number of aryl methyl sites for hydroxylation is 2. The van der Waals surface area contributed by atoms with Crippen LogP contribution in [0.25, 0.3) is 22.5 Å². The maximum absolute atomic E-state index is 14.2. The predicted molar refractivity (Wildman–Crippen MR) is 80.2 cm³/mol. The van der Waals surface area contributed by atoms with E-state index in [9.17, 15) is 4.39 Å². The zero-order chi connectivity index (χ0) is 15.1. The van der Waals surface area contributed by atoms with Gasteiger partial charge in [-0.3, -0.25) is 9.36 Å². The second-order valence-electron chi connectivity index (χ2n) is 4.70. The van der Waals surface area contributed by atoms with Crippen LogP contribution in [0.15, 0.2) is 30.5 Å². The Labute approximate surface area is 125 Å². The fourth-order valence-corrected chi connectivity index (χ4v) is 2.50. The molecule has 0 radical (unpaired) electrons. The van der Waals surface area contributed by atoms with Crippen LogP contribution in [0.3, 0.4) is 0 Å². The Kier molecular flexibility index (Phi) is 3.17. The van der Waals surface area contributed by atoms with E-state index in [0.717, 1.165) is 0 Å². The lowest BCUT2D eigenvalue weighted by atomic mass is 10.0. The minimum atomic E-state index is -0.445. The third kappa shape index (κ3) is 2.17. The van der Waals surface area contributed by atoms with Crippen molar-refractivity contribution in [3.05, 3.63) is 41.3 Å². The van der Waals surface area contributed by atoms with E-state index in [-0.39, 0.29) is 10.6 Å². The van der Waals surface area contributed by atoms with Crippen LogP contribution in [0, 0.1) is 5.82 Å². The molecule has 0 fully saturated rings. The van der Waals surface area contributed by atoms with Crippen molar-refractivity contribution < 1.29 is 4.39 Å². The Hall–Kier alpha value is -2.34. The molecule has 0 aliphatic rings. The molecular weight excluding hydrogens is 293 g/mol. The van der Waals surface area contributed by atoms with Crippen LogP contribution in [0.2, 0.25) is 5.02 Å². The van der Waals surface area contributed by atoms with E-state index in [2.05, 4.69) is 10.2 Å². The van der Waals surface area contributed by atoms with Crippen LogP contribution in [0.5, 0.6) is 0 Å². The summed E-state index contributed by atoms with van der Waals surface area (Å²) in [5.41, 5.74) is 7.87. The average molecular weight is 306 g/mol. The first-order valence-corrected chi connectivity index (χ1v) is 6.63. The number of hydrogen-bond acceptors (Lipinski definition) is 3. The van der Waals surface area contributed by atoms with Gasteiger partial charge in [0.25, 0.3) is 0 Å². The summed E-state index contributed by atoms with van der Waals surface area (Å²) in [4.78, 5) is 0. The van der Waals surface area contributed by atoms with E-state index < -0.39 is 5.82 Å². The second kappa shape index (κ2) is 4.89. The largest absolute Gasteiger partial charge is 0.383 e. The van der Waals surface area contributed by atoms with Gasteiger partial charge in [0.15, 0.2) is 0 Å². The van der Waals surface area contributed by atoms with Gasteiger partial charge in [-0.05, 0) is 18.2 Å². The van der Waals surface area contributed by atoms with Crippen LogP contribution < -0.4 is 5.73 Å². The van der Waals surface area contributed by atoms with E-state index in [4.69, 9.17) is 17.3 Å². The molecule has 3 aromatic rings. The van der Waals surface area contributed by atoms with Gasteiger partial charge in [0.2, 0.25) is 0 Å². The van der Waals surface area contributed by atoms with Gasteiger partial charge in [-0.1, -0.05) is 17.7 Å². The smallest absolute Gasteiger partial charge is 0.132 e. The lowest BCUT2D eigenvalue weighted by Gasteiger charge is -2.07. The summed E-state index contributed by atoms with van der Waals surface area (Å²) >= 11 is 6.15. The average Bonchev–Trinajstić information content (AvgIpc) is 2.97. The number of nitrogens with two attached hydrogens (primary N) is 1. The number of halogens is 2. The zero-order valence-electron chi connectivity index (χ0n) is 11.5. The summed E-state index contributed by atoms with van der Waals surface area (Å²) < 4.78 is 17.4. The number of hydrogen-bond donors (Lipinski definition) is 1. The van der Waals surface area contributed by atoms with Gasteiger partial charge in [0, 0.05) is 25.9 Å². The summed E-state index contributed by atoms with van der Waals surface area (Å²) in [5, 5.41) is 8.93. The topological polar surface area (TPSA) is 61.7 Å². The number of anilines is 1. The maximum Gasteiger partial charge on any atom is 0.132 e. The molecule has 0 saturated heterocycles. The van der Waals surface area contributed by atoms with Crippen LogP contribution in [-0.2, 0) is 14.1 Å². The highest BCUT2D eigenvalue weighted by Crippen LogP contribution is 2.40. The molecule has 0 aliphatic heterocycles. The number of aromatic nitrogens is 4. The fraction of sp³-hybridized carbons (Fsp3) is 0.143. The molecule has 108 valence electrons. The normalized spacial score (nSPS) is 11.0. The quantitative estimate of drug-likeness (QED) is 0.792. The zero-order valence-corrected chi connectivity index (χ0v) is 12.3. The van der Waals surface area contributed by atoms with Crippen molar-refractivity contribution in [3.8, 4) is 22.5 Å². The first kappa shape index (κ1) is 13.6. The van der Waals surface area contributed by atoms with E-state index in [1.807, 2.05) is 0 Å². The maximum atomic E-state index is 14.2. The van der Waals surface area contributed by atoms with Crippen molar-refractivity contribution in [1.29, 1.82) is 0 Å². The van der Waals surface area contributed by atoms with Crippen LogP contribution in [-0.4, -0.2) is 19.6 Å². The molecule has 0 atom stereocenters. The van der Waals surface area contributed by atoms with Gasteiger partial charge < -0.3 is 5.73 Å². The molecule has 0 saturated carbocycles. The first-order chi connectivity index (χ1) is 9.99. The lowest BCUT2D eigenvalue weighted by molar-refractivity contribution is 0.631. The lowest BCUT2D eigenvalue weighted by Crippen LogP contribution is -1.98. The molecule has 2 N–H and O–H groups in total. The molecule has 5 nitrogen and oxygen atoms in total. The fourth-order valence-electron chi connectivity index (χ4n) is 2.24. The second-order valence-corrected chi connectivity index (χ2v) is 5.11. The summed E-state index contributed by atoms with van der Waals surface area (Å²) in [6.45, 7) is 0. The van der Waals surface area contributed by atoms with Gasteiger partial charge in [0.05, 0.1) is 10.6 Å². The third-order valence-electron chi connectivity index (χ3n) is 3.26. The van der Waals surface area contributed by atoms with E-state index in [0.29, 0.717) is 22.8 Å². The van der Waals surface area contributed by atoms with Crippen molar-refractivity contribution in [2.24, 2.45) is 14.1 Å². The van der Waals surface area contributed by atoms with Crippen LogP contribution >= 0.6 is 11.6 Å². The van der Waals surface area contributed by atoms with E-state index in [1.165, 1.54) is 10.7 Å². The Morgan fingerprint density at radius 2 is 1.90 bits per heavy atom. The Bertz CT molecular complexity index is 801. The number of nitrogen functional groups attached to an aromatic ring is 1. The summed E-state index contributed by atoms with van der Waals surface area (Å²) in [7, 11) is 3.49. The van der Waals surface area contributed by atoms with Crippen molar-refractivity contribution in [1.82, 2.24) is 19.6 Å². The highest BCUT2D eigenvalue weighted by atomic mass is 35.5. The number of benzene rings is 1. The molecule has 0 unspecified atom stereocenters. The Balaban J connectivity index is 2.32. The Morgan fingerprint density at radius 1 is 1.14 bits per heavy atom. The van der Waals surface area contributed by atoms with Gasteiger partial charge in [-0.25, -0.2) is 4.39 Å². The van der Waals surface area contributed by atoms with Crippen molar-refractivity contribution >= 4 is 17.4 Å². The van der Waals surface area contributed by atoms with E-state index in [1.54, 1.807) is 43.2 Å². The molecule has 0 bridgehead atoms. The number of rotatable bonds is 2. The molecule has 0 aliphatic carbocycles. The molecule has 1 aromatic carbocycles. The van der Waals surface area contributed by atoms with Crippen LogP contribution in [0.1, 0.15) is 0 Å². The van der Waals surface area contributed by atoms with Gasteiger partial charge >= 0.3 is 0 Å². The molecule has 0 amide bonds. The van der Waals surface area contributed by atoms with Crippen molar-refractivity contribution in [3.63, 3.8) is 0 Å². The van der Waals surface area contributed by atoms with Crippen LogP contribution in [0.4, 0.5) is 10.2 Å². The van der Waals surface area contributed by atoms with E-state index >= 15 is 0 Å². The summed E-state index contributed by atoms with van der Waals surface area (Å²) in [5.74, 6) is -0.109. The van der Waals surface area contributed by atoms with Crippen molar-refractivity contribution in [2.75, 3.05) is 5.73 Å². The summed E-state index contributed by atoms with van der Waals surface area (Å²) in [6.07, 6.45) is 1.78. The SMILES string of the molecule is Cn1ccc(-c2nn(C)c(N)c2-c2c(F)cccc2Cl)n1. The predicted octanol–water partition coefficient (Wildman–Crippen LogP) is 2.86. The monoisotopic (exact) mass is 305 g/mol. The van der Waals surface area contributed by atoms with Gasteiger partial charge in [-0.15, -0.1) is 0 Å². The molecular formula is C14H13ClFN5. The van der Waals surface area contributed by atoms with Crippen molar-refractivity contribution in [2.45, 2.75) is 0 Å². The number of nitrogens with zero attached hydrogens (tertiary/aromatic N) is 4. The Morgan fingerprint density at radius 3 is 2.52 bits per heavy atom. The standard InChI is InChI=1S/C14H13ClFN5/c1-20-7-6-10(18-20)13-12(14(17)21(2)19-13)11-8(15)4-3-5-9(11)16/h3-7H,17H2,1-2H3. The molecule has 7 heteroatoms. The minimum Gasteiger partial charge on any atom is -0.383 e.